The van der Waals surface area contributed by atoms with Crippen molar-refractivity contribution in [3.63, 3.8) is 0 Å². The van der Waals surface area contributed by atoms with Gasteiger partial charge in [0.2, 0.25) is 0 Å². The van der Waals surface area contributed by atoms with E-state index >= 15 is 0 Å². The van der Waals surface area contributed by atoms with Gasteiger partial charge >= 0.3 is 6.01 Å². The average molecular weight is 234 g/mol. The maximum absolute atomic E-state index is 5.45. The van der Waals surface area contributed by atoms with Crippen LogP contribution in [0, 0.1) is 0 Å². The summed E-state index contributed by atoms with van der Waals surface area (Å²) in [4.78, 5) is 4.26. The number of para-hydroxylation sites is 2. The predicted molar refractivity (Wildman–Crippen MR) is 70.8 cm³/mol. The van der Waals surface area contributed by atoms with Gasteiger partial charge < -0.3 is 4.42 Å². The number of oxazole rings is 1. The van der Waals surface area contributed by atoms with Gasteiger partial charge in [-0.25, -0.2) is 4.98 Å². The van der Waals surface area contributed by atoms with Crippen LogP contribution in [-0.2, 0) is 0 Å². The van der Waals surface area contributed by atoms with Crippen LogP contribution in [-0.4, -0.2) is 9.55 Å². The number of fused-ring (bicyclic) bond motifs is 3. The molecule has 3 nitrogen and oxygen atoms in total. The van der Waals surface area contributed by atoms with Crippen molar-refractivity contribution in [3.8, 4) is 6.01 Å². The molecule has 0 saturated heterocycles. The van der Waals surface area contributed by atoms with Crippen molar-refractivity contribution in [1.82, 2.24) is 9.55 Å². The number of benzene rings is 2. The summed E-state index contributed by atoms with van der Waals surface area (Å²) in [6.07, 6.45) is 3.26. The Morgan fingerprint density at radius 3 is 2.00 bits per heavy atom. The van der Waals surface area contributed by atoms with Crippen LogP contribution >= 0.6 is 0 Å². The minimum absolute atomic E-state index is 0.604. The van der Waals surface area contributed by atoms with Crippen molar-refractivity contribution in [2.45, 2.75) is 0 Å². The monoisotopic (exact) mass is 234 g/mol. The highest BCUT2D eigenvalue weighted by Gasteiger charge is 2.13. The Kier molecular flexibility index (Phi) is 1.83. The molecule has 0 aliphatic carbocycles. The van der Waals surface area contributed by atoms with Gasteiger partial charge in [0.05, 0.1) is 17.2 Å². The SMILES string of the molecule is c1ccc2c(c1)c1ccccc1n2-c1ncco1. The molecule has 0 bridgehead atoms. The summed E-state index contributed by atoms with van der Waals surface area (Å²) < 4.78 is 7.49. The first kappa shape index (κ1) is 9.48. The fraction of sp³-hybridized carbons (Fsp3) is 0. The van der Waals surface area contributed by atoms with E-state index in [9.17, 15) is 0 Å². The fourth-order valence-electron chi connectivity index (χ4n) is 2.45. The lowest BCUT2D eigenvalue weighted by Gasteiger charge is -2.00. The first-order chi connectivity index (χ1) is 8.95. The second kappa shape index (κ2) is 3.47. The molecule has 0 aliphatic heterocycles. The van der Waals surface area contributed by atoms with Crippen LogP contribution in [0.4, 0.5) is 0 Å². The molecule has 2 aromatic heterocycles. The molecule has 0 aliphatic rings. The van der Waals surface area contributed by atoms with Gasteiger partial charge in [0.1, 0.15) is 6.26 Å². The molecule has 0 saturated carbocycles. The van der Waals surface area contributed by atoms with Crippen LogP contribution < -0.4 is 0 Å². The Balaban J connectivity index is 2.28. The zero-order valence-corrected chi connectivity index (χ0v) is 9.58. The summed E-state index contributed by atoms with van der Waals surface area (Å²) in [7, 11) is 0. The minimum atomic E-state index is 0.604. The standard InChI is InChI=1S/C15H10N2O/c1-3-7-13-11(5-1)12-6-2-4-8-14(12)17(13)15-16-9-10-18-15/h1-10H. The van der Waals surface area contributed by atoms with Crippen LogP contribution in [0.1, 0.15) is 0 Å². The lowest BCUT2D eigenvalue weighted by atomic mass is 10.2. The summed E-state index contributed by atoms with van der Waals surface area (Å²) in [6, 6.07) is 17.2. The van der Waals surface area contributed by atoms with Gasteiger partial charge in [0, 0.05) is 10.8 Å². The van der Waals surface area contributed by atoms with Gasteiger partial charge in [-0.05, 0) is 12.1 Å². The molecule has 0 N–H and O–H groups in total. The molecule has 0 atom stereocenters. The number of aromatic nitrogens is 2. The lowest BCUT2D eigenvalue weighted by Crippen LogP contribution is -1.92. The molecule has 0 fully saturated rings. The van der Waals surface area contributed by atoms with Gasteiger partial charge in [-0.15, -0.1) is 0 Å². The summed E-state index contributed by atoms with van der Waals surface area (Å²) in [5, 5.41) is 2.43. The molecule has 2 heterocycles. The molecule has 18 heavy (non-hydrogen) atoms. The highest BCUT2D eigenvalue weighted by Crippen LogP contribution is 2.30. The normalized spacial score (nSPS) is 11.3. The molecular weight excluding hydrogens is 224 g/mol. The van der Waals surface area contributed by atoms with E-state index in [1.54, 1.807) is 12.5 Å². The Labute approximate surface area is 103 Å². The minimum Gasteiger partial charge on any atom is -0.432 e. The molecule has 0 unspecified atom stereocenters. The van der Waals surface area contributed by atoms with Crippen LogP contribution in [0.5, 0.6) is 0 Å². The van der Waals surface area contributed by atoms with E-state index in [1.165, 1.54) is 10.8 Å². The Bertz CT molecular complexity index is 775. The molecule has 0 spiro atoms. The third-order valence-corrected chi connectivity index (χ3v) is 3.19. The Morgan fingerprint density at radius 2 is 1.44 bits per heavy atom. The van der Waals surface area contributed by atoms with Gasteiger partial charge in [0.25, 0.3) is 0 Å². The first-order valence-electron chi connectivity index (χ1n) is 5.83. The van der Waals surface area contributed by atoms with E-state index in [2.05, 4.69) is 41.4 Å². The van der Waals surface area contributed by atoms with E-state index in [1.807, 2.05) is 16.7 Å². The second-order valence-corrected chi connectivity index (χ2v) is 4.18. The Morgan fingerprint density at radius 1 is 0.833 bits per heavy atom. The van der Waals surface area contributed by atoms with Gasteiger partial charge in [-0.1, -0.05) is 36.4 Å². The van der Waals surface area contributed by atoms with E-state index in [4.69, 9.17) is 4.42 Å². The molecule has 4 aromatic rings. The summed E-state index contributed by atoms with van der Waals surface area (Å²) >= 11 is 0. The summed E-state index contributed by atoms with van der Waals surface area (Å²) in [5.74, 6) is 0. The Hall–Kier alpha value is -2.55. The van der Waals surface area contributed by atoms with Crippen molar-refractivity contribution < 1.29 is 4.42 Å². The van der Waals surface area contributed by atoms with Crippen LogP contribution in [0.2, 0.25) is 0 Å². The smallest absolute Gasteiger partial charge is 0.306 e. The molecule has 2 aromatic carbocycles. The number of nitrogens with zero attached hydrogens (tertiary/aromatic N) is 2. The summed E-state index contributed by atoms with van der Waals surface area (Å²) in [5.41, 5.74) is 2.22. The first-order valence-corrected chi connectivity index (χ1v) is 5.83. The van der Waals surface area contributed by atoms with E-state index in [-0.39, 0.29) is 0 Å². The fourth-order valence-corrected chi connectivity index (χ4v) is 2.45. The highest BCUT2D eigenvalue weighted by atomic mass is 16.4. The van der Waals surface area contributed by atoms with Crippen molar-refractivity contribution in [2.24, 2.45) is 0 Å². The second-order valence-electron chi connectivity index (χ2n) is 4.18. The van der Waals surface area contributed by atoms with Crippen LogP contribution in [0.25, 0.3) is 27.8 Å². The molecule has 4 rings (SSSR count). The van der Waals surface area contributed by atoms with Crippen molar-refractivity contribution in [1.29, 1.82) is 0 Å². The molecule has 0 radical (unpaired) electrons. The molecule has 0 amide bonds. The maximum atomic E-state index is 5.45. The third-order valence-electron chi connectivity index (χ3n) is 3.19. The van der Waals surface area contributed by atoms with Crippen molar-refractivity contribution >= 4 is 21.8 Å². The van der Waals surface area contributed by atoms with Crippen LogP contribution in [0.3, 0.4) is 0 Å². The lowest BCUT2D eigenvalue weighted by molar-refractivity contribution is 0.535. The number of rotatable bonds is 1. The highest BCUT2D eigenvalue weighted by molar-refractivity contribution is 6.08. The van der Waals surface area contributed by atoms with E-state index in [0.717, 1.165) is 11.0 Å². The topological polar surface area (TPSA) is 31.0 Å². The van der Waals surface area contributed by atoms with E-state index in [0.29, 0.717) is 6.01 Å². The zero-order chi connectivity index (χ0) is 11.9. The van der Waals surface area contributed by atoms with Gasteiger partial charge in [-0.2, -0.15) is 0 Å². The zero-order valence-electron chi connectivity index (χ0n) is 9.58. The predicted octanol–water partition coefficient (Wildman–Crippen LogP) is 3.77. The molecule has 86 valence electrons. The van der Waals surface area contributed by atoms with Crippen molar-refractivity contribution in [3.05, 3.63) is 61.0 Å². The third kappa shape index (κ3) is 1.16. The molecular formula is C15H10N2O. The summed E-state index contributed by atoms with van der Waals surface area (Å²) in [6.45, 7) is 0. The number of hydrogen-bond donors (Lipinski definition) is 0. The molecule has 3 heteroatoms. The number of hydrogen-bond acceptors (Lipinski definition) is 2. The average Bonchev–Trinajstić information content (AvgIpc) is 3.03. The van der Waals surface area contributed by atoms with E-state index < -0.39 is 0 Å². The van der Waals surface area contributed by atoms with Crippen molar-refractivity contribution in [2.75, 3.05) is 0 Å². The maximum Gasteiger partial charge on any atom is 0.306 e. The largest absolute Gasteiger partial charge is 0.432 e. The van der Waals surface area contributed by atoms with Gasteiger partial charge in [0.15, 0.2) is 0 Å². The van der Waals surface area contributed by atoms with Crippen LogP contribution in [0.15, 0.2) is 65.4 Å². The quantitative estimate of drug-likeness (QED) is 0.502. The van der Waals surface area contributed by atoms with Gasteiger partial charge in [-0.3, -0.25) is 4.57 Å².